The molecule has 2 aliphatic rings. The van der Waals surface area contributed by atoms with E-state index in [0.29, 0.717) is 11.5 Å². The van der Waals surface area contributed by atoms with E-state index in [2.05, 4.69) is 12.2 Å². The second-order valence-corrected chi connectivity index (χ2v) is 4.63. The van der Waals surface area contributed by atoms with Gasteiger partial charge in [-0.2, -0.15) is 0 Å². The summed E-state index contributed by atoms with van der Waals surface area (Å²) >= 11 is 0. The van der Waals surface area contributed by atoms with Crippen molar-refractivity contribution in [2.45, 2.75) is 32.2 Å². The van der Waals surface area contributed by atoms with Gasteiger partial charge in [0.1, 0.15) is 0 Å². The highest BCUT2D eigenvalue weighted by molar-refractivity contribution is 5.47. The van der Waals surface area contributed by atoms with E-state index in [-0.39, 0.29) is 0 Å². The number of carbonyl (C=O) groups excluding carboxylic acids is 1. The summed E-state index contributed by atoms with van der Waals surface area (Å²) in [5, 5.41) is 3.51. The lowest BCUT2D eigenvalue weighted by molar-refractivity contribution is -0.120. The SMILES string of the molecule is CC1CC2(CCN(C=O)CC2)CN1. The van der Waals surface area contributed by atoms with Gasteiger partial charge in [-0.25, -0.2) is 0 Å². The van der Waals surface area contributed by atoms with Crippen molar-refractivity contribution >= 4 is 6.41 Å². The van der Waals surface area contributed by atoms with Crippen LogP contribution in [0.15, 0.2) is 0 Å². The molecule has 0 aromatic carbocycles. The fourth-order valence-corrected chi connectivity index (χ4v) is 2.67. The predicted molar refractivity (Wildman–Crippen MR) is 51.4 cm³/mol. The molecule has 74 valence electrons. The fourth-order valence-electron chi connectivity index (χ4n) is 2.67. The van der Waals surface area contributed by atoms with Crippen molar-refractivity contribution in [1.82, 2.24) is 10.2 Å². The number of hydrogen-bond donors (Lipinski definition) is 1. The molecular formula is C10H18N2O. The first kappa shape index (κ1) is 9.00. The average Bonchev–Trinajstić information content (AvgIpc) is 2.49. The van der Waals surface area contributed by atoms with Gasteiger partial charge in [-0.1, -0.05) is 0 Å². The Labute approximate surface area is 79.5 Å². The van der Waals surface area contributed by atoms with E-state index in [1.807, 2.05) is 4.90 Å². The van der Waals surface area contributed by atoms with E-state index in [1.54, 1.807) is 0 Å². The Kier molecular flexibility index (Phi) is 2.28. The van der Waals surface area contributed by atoms with Crippen LogP contribution in [0.5, 0.6) is 0 Å². The number of carbonyl (C=O) groups is 1. The van der Waals surface area contributed by atoms with Gasteiger partial charge in [0.25, 0.3) is 0 Å². The molecule has 1 atom stereocenters. The lowest BCUT2D eigenvalue weighted by Crippen LogP contribution is -2.40. The first-order valence-electron chi connectivity index (χ1n) is 5.17. The summed E-state index contributed by atoms with van der Waals surface area (Å²) in [5.41, 5.74) is 0.513. The second-order valence-electron chi connectivity index (χ2n) is 4.63. The van der Waals surface area contributed by atoms with Gasteiger partial charge >= 0.3 is 0 Å². The van der Waals surface area contributed by atoms with Crippen molar-refractivity contribution in [2.24, 2.45) is 5.41 Å². The van der Waals surface area contributed by atoms with Gasteiger partial charge < -0.3 is 10.2 Å². The third-order valence-corrected chi connectivity index (χ3v) is 3.57. The minimum absolute atomic E-state index is 0.513. The standard InChI is InChI=1S/C10H18N2O/c1-9-6-10(7-11-9)2-4-12(8-13)5-3-10/h8-9,11H,2-7H2,1H3. The zero-order valence-corrected chi connectivity index (χ0v) is 8.25. The van der Waals surface area contributed by atoms with Crippen molar-refractivity contribution in [2.75, 3.05) is 19.6 Å². The van der Waals surface area contributed by atoms with E-state index in [0.717, 1.165) is 26.0 Å². The highest BCUT2D eigenvalue weighted by Crippen LogP contribution is 2.38. The number of hydrogen-bond acceptors (Lipinski definition) is 2. The minimum Gasteiger partial charge on any atom is -0.345 e. The average molecular weight is 182 g/mol. The topological polar surface area (TPSA) is 32.3 Å². The van der Waals surface area contributed by atoms with Crippen LogP contribution < -0.4 is 5.32 Å². The largest absolute Gasteiger partial charge is 0.345 e. The Hall–Kier alpha value is -0.570. The van der Waals surface area contributed by atoms with E-state index in [4.69, 9.17) is 0 Å². The van der Waals surface area contributed by atoms with Crippen molar-refractivity contribution in [3.63, 3.8) is 0 Å². The lowest BCUT2D eigenvalue weighted by atomic mass is 9.77. The zero-order chi connectivity index (χ0) is 9.31. The van der Waals surface area contributed by atoms with Gasteiger partial charge in [0.05, 0.1) is 0 Å². The Morgan fingerprint density at radius 1 is 1.46 bits per heavy atom. The van der Waals surface area contributed by atoms with E-state index >= 15 is 0 Å². The summed E-state index contributed by atoms with van der Waals surface area (Å²) in [4.78, 5) is 12.4. The number of amides is 1. The molecule has 2 aliphatic heterocycles. The van der Waals surface area contributed by atoms with Crippen LogP contribution in [0.2, 0.25) is 0 Å². The molecule has 0 aromatic heterocycles. The molecule has 0 saturated carbocycles. The number of likely N-dealkylation sites (tertiary alicyclic amines) is 1. The number of nitrogens with zero attached hydrogens (tertiary/aromatic N) is 1. The van der Waals surface area contributed by atoms with Gasteiger partial charge in [-0.15, -0.1) is 0 Å². The summed E-state index contributed by atoms with van der Waals surface area (Å²) in [5.74, 6) is 0. The zero-order valence-electron chi connectivity index (χ0n) is 8.25. The van der Waals surface area contributed by atoms with Crippen LogP contribution in [-0.2, 0) is 4.79 Å². The van der Waals surface area contributed by atoms with Gasteiger partial charge in [-0.3, -0.25) is 4.79 Å². The molecule has 0 aliphatic carbocycles. The van der Waals surface area contributed by atoms with Gasteiger partial charge in [0, 0.05) is 25.7 Å². The van der Waals surface area contributed by atoms with E-state index in [1.165, 1.54) is 19.3 Å². The second kappa shape index (κ2) is 3.29. The van der Waals surface area contributed by atoms with Crippen LogP contribution in [0, 0.1) is 5.41 Å². The molecule has 1 spiro atoms. The molecular weight excluding hydrogens is 164 g/mol. The van der Waals surface area contributed by atoms with Crippen LogP contribution in [0.25, 0.3) is 0 Å². The highest BCUT2D eigenvalue weighted by Gasteiger charge is 2.39. The molecule has 2 fully saturated rings. The quantitative estimate of drug-likeness (QED) is 0.602. The fraction of sp³-hybridized carbons (Fsp3) is 0.900. The Balaban J connectivity index is 1.93. The van der Waals surface area contributed by atoms with Crippen LogP contribution >= 0.6 is 0 Å². The molecule has 3 heteroatoms. The van der Waals surface area contributed by atoms with Crippen molar-refractivity contribution in [3.8, 4) is 0 Å². The van der Waals surface area contributed by atoms with Crippen molar-refractivity contribution < 1.29 is 4.79 Å². The summed E-state index contributed by atoms with van der Waals surface area (Å²) in [6.07, 6.45) is 4.64. The summed E-state index contributed by atoms with van der Waals surface area (Å²) in [6.45, 7) is 5.32. The van der Waals surface area contributed by atoms with Crippen molar-refractivity contribution in [3.05, 3.63) is 0 Å². The summed E-state index contributed by atoms with van der Waals surface area (Å²) in [6, 6.07) is 0.669. The Morgan fingerprint density at radius 2 is 2.15 bits per heavy atom. The monoisotopic (exact) mass is 182 g/mol. The number of nitrogens with one attached hydrogen (secondary N) is 1. The van der Waals surface area contributed by atoms with Crippen molar-refractivity contribution in [1.29, 1.82) is 0 Å². The summed E-state index contributed by atoms with van der Waals surface area (Å²) < 4.78 is 0. The van der Waals surface area contributed by atoms with Gasteiger partial charge in [-0.05, 0) is 31.6 Å². The lowest BCUT2D eigenvalue weighted by Gasteiger charge is -2.37. The molecule has 2 rings (SSSR count). The number of rotatable bonds is 1. The first-order chi connectivity index (χ1) is 6.24. The molecule has 0 bridgehead atoms. The molecule has 0 radical (unpaired) electrons. The smallest absolute Gasteiger partial charge is 0.209 e. The first-order valence-corrected chi connectivity index (χ1v) is 5.17. The van der Waals surface area contributed by atoms with Crippen LogP contribution in [-0.4, -0.2) is 37.0 Å². The van der Waals surface area contributed by atoms with Gasteiger partial charge in [0.2, 0.25) is 6.41 Å². The Bertz CT molecular complexity index is 197. The minimum atomic E-state index is 0.513. The molecule has 13 heavy (non-hydrogen) atoms. The van der Waals surface area contributed by atoms with Crippen LogP contribution in [0.4, 0.5) is 0 Å². The number of piperidine rings is 1. The van der Waals surface area contributed by atoms with E-state index < -0.39 is 0 Å². The Morgan fingerprint density at radius 3 is 2.62 bits per heavy atom. The maximum absolute atomic E-state index is 10.5. The summed E-state index contributed by atoms with van der Waals surface area (Å²) in [7, 11) is 0. The predicted octanol–water partition coefficient (Wildman–Crippen LogP) is 0.607. The molecule has 0 aromatic rings. The molecule has 1 N–H and O–H groups in total. The molecule has 2 heterocycles. The highest BCUT2D eigenvalue weighted by atomic mass is 16.1. The van der Waals surface area contributed by atoms with E-state index in [9.17, 15) is 4.79 Å². The third-order valence-electron chi connectivity index (χ3n) is 3.57. The molecule has 2 saturated heterocycles. The van der Waals surface area contributed by atoms with Crippen LogP contribution in [0.3, 0.4) is 0 Å². The molecule has 1 unspecified atom stereocenters. The maximum Gasteiger partial charge on any atom is 0.209 e. The van der Waals surface area contributed by atoms with Crippen LogP contribution in [0.1, 0.15) is 26.2 Å². The third kappa shape index (κ3) is 1.70. The normalized spacial score (nSPS) is 32.4. The van der Waals surface area contributed by atoms with Gasteiger partial charge in [0.15, 0.2) is 0 Å². The molecule has 3 nitrogen and oxygen atoms in total. The maximum atomic E-state index is 10.5. The molecule has 1 amide bonds.